The molecule has 2 heterocycles. The third-order valence-electron chi connectivity index (χ3n) is 2.93. The van der Waals surface area contributed by atoms with E-state index in [2.05, 4.69) is 4.98 Å². The standard InChI is InChI=1S/C11H10N2O2/c14-11(15)8-5-7(8)9-6-12-10-3-1-2-4-13(9)10/h1-4,6-8H,5H2,(H,14,15)/t7-,8-/m1/s1. The smallest absolute Gasteiger partial charge is 0.307 e. The summed E-state index contributed by atoms with van der Waals surface area (Å²) in [5, 5.41) is 8.86. The molecular formula is C11H10N2O2. The second kappa shape index (κ2) is 2.82. The molecule has 4 nitrogen and oxygen atoms in total. The first-order valence-corrected chi connectivity index (χ1v) is 4.92. The molecule has 1 aliphatic rings. The van der Waals surface area contributed by atoms with E-state index >= 15 is 0 Å². The number of fused-ring (bicyclic) bond motifs is 1. The van der Waals surface area contributed by atoms with Gasteiger partial charge >= 0.3 is 5.97 Å². The van der Waals surface area contributed by atoms with Crippen molar-refractivity contribution in [3.8, 4) is 0 Å². The van der Waals surface area contributed by atoms with Gasteiger partial charge in [0.1, 0.15) is 5.65 Å². The molecular weight excluding hydrogens is 192 g/mol. The quantitative estimate of drug-likeness (QED) is 0.803. The molecule has 2 aromatic heterocycles. The maximum absolute atomic E-state index is 10.8. The van der Waals surface area contributed by atoms with Crippen LogP contribution in [0.15, 0.2) is 30.6 Å². The van der Waals surface area contributed by atoms with Crippen LogP contribution in [-0.4, -0.2) is 20.5 Å². The first-order chi connectivity index (χ1) is 7.27. The molecule has 76 valence electrons. The van der Waals surface area contributed by atoms with Crippen molar-refractivity contribution < 1.29 is 9.90 Å². The van der Waals surface area contributed by atoms with Crippen molar-refractivity contribution in [3.05, 3.63) is 36.3 Å². The minimum absolute atomic E-state index is 0.139. The van der Waals surface area contributed by atoms with Crippen LogP contribution in [0.1, 0.15) is 18.0 Å². The van der Waals surface area contributed by atoms with Gasteiger partial charge in [-0.05, 0) is 18.6 Å². The van der Waals surface area contributed by atoms with Gasteiger partial charge in [-0.25, -0.2) is 4.98 Å². The van der Waals surface area contributed by atoms with Crippen LogP contribution in [0.25, 0.3) is 5.65 Å². The zero-order valence-electron chi connectivity index (χ0n) is 8.00. The Kier molecular flexibility index (Phi) is 1.59. The van der Waals surface area contributed by atoms with E-state index in [1.54, 1.807) is 6.20 Å². The largest absolute Gasteiger partial charge is 0.481 e. The molecule has 0 radical (unpaired) electrons. The monoisotopic (exact) mass is 202 g/mol. The van der Waals surface area contributed by atoms with Crippen molar-refractivity contribution >= 4 is 11.6 Å². The average Bonchev–Trinajstić information content (AvgIpc) is 2.92. The molecule has 4 heteroatoms. The fourth-order valence-electron chi connectivity index (χ4n) is 2.02. The Morgan fingerprint density at radius 2 is 2.40 bits per heavy atom. The molecule has 1 aliphatic carbocycles. The average molecular weight is 202 g/mol. The molecule has 0 saturated heterocycles. The molecule has 1 fully saturated rings. The predicted molar refractivity (Wildman–Crippen MR) is 53.7 cm³/mol. The fraction of sp³-hybridized carbons (Fsp3) is 0.273. The summed E-state index contributed by atoms with van der Waals surface area (Å²) >= 11 is 0. The van der Waals surface area contributed by atoms with E-state index in [1.807, 2.05) is 28.8 Å². The molecule has 1 saturated carbocycles. The number of aliphatic carboxylic acids is 1. The lowest BCUT2D eigenvalue weighted by atomic mass is 10.2. The summed E-state index contributed by atoms with van der Waals surface area (Å²) in [5.41, 5.74) is 1.89. The van der Waals surface area contributed by atoms with E-state index in [0.717, 1.165) is 17.8 Å². The van der Waals surface area contributed by atoms with Crippen LogP contribution in [0.5, 0.6) is 0 Å². The Bertz CT molecular complexity index is 532. The molecule has 0 unspecified atom stereocenters. The topological polar surface area (TPSA) is 54.6 Å². The van der Waals surface area contributed by atoms with E-state index in [4.69, 9.17) is 5.11 Å². The number of imidazole rings is 1. The number of aromatic nitrogens is 2. The summed E-state index contributed by atoms with van der Waals surface area (Å²) in [7, 11) is 0. The Hall–Kier alpha value is -1.84. The Balaban J connectivity index is 2.03. The molecule has 1 N–H and O–H groups in total. The summed E-state index contributed by atoms with van der Waals surface area (Å²) in [4.78, 5) is 15.0. The van der Waals surface area contributed by atoms with E-state index in [1.165, 1.54) is 0 Å². The SMILES string of the molecule is O=C(O)[C@@H]1C[C@H]1c1cnc2ccccn12. The molecule has 0 bridgehead atoms. The fourth-order valence-corrected chi connectivity index (χ4v) is 2.02. The number of carbonyl (C=O) groups is 1. The van der Waals surface area contributed by atoms with Crippen LogP contribution in [0.4, 0.5) is 0 Å². The third-order valence-corrected chi connectivity index (χ3v) is 2.93. The van der Waals surface area contributed by atoms with Crippen molar-refractivity contribution in [2.24, 2.45) is 5.92 Å². The van der Waals surface area contributed by atoms with Crippen molar-refractivity contribution in [2.75, 3.05) is 0 Å². The highest BCUT2D eigenvalue weighted by molar-refractivity contribution is 5.75. The van der Waals surface area contributed by atoms with Gasteiger partial charge < -0.3 is 9.51 Å². The second-order valence-corrected chi connectivity index (χ2v) is 3.90. The molecule has 0 amide bonds. The highest BCUT2D eigenvalue weighted by atomic mass is 16.4. The third kappa shape index (κ3) is 1.21. The van der Waals surface area contributed by atoms with Crippen molar-refractivity contribution in [3.63, 3.8) is 0 Å². The normalized spacial score (nSPS) is 24.3. The van der Waals surface area contributed by atoms with Crippen LogP contribution in [0, 0.1) is 5.92 Å². The zero-order chi connectivity index (χ0) is 10.4. The summed E-state index contributed by atoms with van der Waals surface area (Å²) in [6.45, 7) is 0. The summed E-state index contributed by atoms with van der Waals surface area (Å²) in [6.07, 6.45) is 4.44. The predicted octanol–water partition coefficient (Wildman–Crippen LogP) is 1.52. The van der Waals surface area contributed by atoms with Gasteiger partial charge in [0.25, 0.3) is 0 Å². The van der Waals surface area contributed by atoms with Gasteiger partial charge in [0, 0.05) is 24.0 Å². The van der Waals surface area contributed by atoms with Gasteiger partial charge in [-0.3, -0.25) is 4.79 Å². The molecule has 0 spiro atoms. The molecule has 15 heavy (non-hydrogen) atoms. The van der Waals surface area contributed by atoms with E-state index in [0.29, 0.717) is 0 Å². The number of nitrogens with zero attached hydrogens (tertiary/aromatic N) is 2. The zero-order valence-corrected chi connectivity index (χ0v) is 8.00. The van der Waals surface area contributed by atoms with E-state index in [9.17, 15) is 4.79 Å². The summed E-state index contributed by atoms with van der Waals surface area (Å²) in [6, 6.07) is 5.77. The van der Waals surface area contributed by atoms with Crippen molar-refractivity contribution in [2.45, 2.75) is 12.3 Å². The number of carboxylic acid groups (broad SMARTS) is 1. The molecule has 2 atom stereocenters. The number of rotatable bonds is 2. The molecule has 3 rings (SSSR count). The first-order valence-electron chi connectivity index (χ1n) is 4.92. The summed E-state index contributed by atoms with van der Waals surface area (Å²) < 4.78 is 1.97. The number of pyridine rings is 1. The maximum atomic E-state index is 10.8. The Morgan fingerprint density at radius 3 is 3.13 bits per heavy atom. The minimum atomic E-state index is -0.703. The van der Waals surface area contributed by atoms with E-state index < -0.39 is 5.97 Å². The Morgan fingerprint density at radius 1 is 1.53 bits per heavy atom. The van der Waals surface area contributed by atoms with Crippen molar-refractivity contribution in [1.29, 1.82) is 0 Å². The van der Waals surface area contributed by atoms with Gasteiger partial charge in [0.05, 0.1) is 5.92 Å². The van der Waals surface area contributed by atoms with Gasteiger partial charge in [-0.2, -0.15) is 0 Å². The highest BCUT2D eigenvalue weighted by Crippen LogP contribution is 2.47. The van der Waals surface area contributed by atoms with Gasteiger partial charge in [-0.15, -0.1) is 0 Å². The van der Waals surface area contributed by atoms with E-state index in [-0.39, 0.29) is 11.8 Å². The summed E-state index contributed by atoms with van der Waals surface area (Å²) in [5.74, 6) is -0.782. The first kappa shape index (κ1) is 8.47. The highest BCUT2D eigenvalue weighted by Gasteiger charge is 2.45. The second-order valence-electron chi connectivity index (χ2n) is 3.90. The number of carboxylic acids is 1. The van der Waals surface area contributed by atoms with Gasteiger partial charge in [0.2, 0.25) is 0 Å². The lowest BCUT2D eigenvalue weighted by molar-refractivity contribution is -0.138. The van der Waals surface area contributed by atoms with Crippen LogP contribution in [-0.2, 0) is 4.79 Å². The van der Waals surface area contributed by atoms with Crippen molar-refractivity contribution in [1.82, 2.24) is 9.38 Å². The van der Waals surface area contributed by atoms with Gasteiger partial charge in [0.15, 0.2) is 0 Å². The van der Waals surface area contributed by atoms with Crippen LogP contribution >= 0.6 is 0 Å². The Labute approximate surface area is 86.2 Å². The van der Waals surface area contributed by atoms with Gasteiger partial charge in [-0.1, -0.05) is 6.07 Å². The number of hydrogen-bond donors (Lipinski definition) is 1. The van der Waals surface area contributed by atoms with Crippen LogP contribution in [0.2, 0.25) is 0 Å². The van der Waals surface area contributed by atoms with Crippen LogP contribution < -0.4 is 0 Å². The minimum Gasteiger partial charge on any atom is -0.481 e. The lowest BCUT2D eigenvalue weighted by Gasteiger charge is -1.98. The molecule has 0 aliphatic heterocycles. The molecule has 2 aromatic rings. The van der Waals surface area contributed by atoms with Crippen LogP contribution in [0.3, 0.4) is 0 Å². The maximum Gasteiger partial charge on any atom is 0.307 e. The number of hydrogen-bond acceptors (Lipinski definition) is 2. The molecule has 0 aromatic carbocycles. The lowest BCUT2D eigenvalue weighted by Crippen LogP contribution is -2.00.